The van der Waals surface area contributed by atoms with Gasteiger partial charge in [-0.2, -0.15) is 0 Å². The lowest BCUT2D eigenvalue weighted by atomic mass is 10.1. The fraction of sp³-hybridized carbons (Fsp3) is 0.500. The van der Waals surface area contributed by atoms with Crippen molar-refractivity contribution < 1.29 is 14.6 Å². The van der Waals surface area contributed by atoms with Crippen LogP contribution in [0.2, 0.25) is 0 Å². The van der Waals surface area contributed by atoms with E-state index in [1.165, 1.54) is 10.4 Å². The van der Waals surface area contributed by atoms with Gasteiger partial charge >= 0.3 is 6.09 Å². The van der Waals surface area contributed by atoms with Crippen molar-refractivity contribution >= 4 is 17.4 Å². The van der Waals surface area contributed by atoms with Crippen LogP contribution in [0.4, 0.5) is 4.79 Å². The summed E-state index contributed by atoms with van der Waals surface area (Å²) >= 11 is 1.67. The van der Waals surface area contributed by atoms with Gasteiger partial charge in [0.05, 0.1) is 13.2 Å². The van der Waals surface area contributed by atoms with Crippen molar-refractivity contribution in [1.29, 1.82) is 0 Å². The second-order valence-corrected chi connectivity index (χ2v) is 4.38. The Morgan fingerprint density at radius 1 is 1.67 bits per heavy atom. The maximum Gasteiger partial charge on any atom is 0.410 e. The van der Waals surface area contributed by atoms with Gasteiger partial charge in [0.15, 0.2) is 0 Å². The lowest BCUT2D eigenvalue weighted by Gasteiger charge is -2.25. The van der Waals surface area contributed by atoms with E-state index < -0.39 is 0 Å². The van der Waals surface area contributed by atoms with Gasteiger partial charge in [-0.05, 0) is 23.4 Å². The Hall–Kier alpha value is -1.07. The number of hydrogen-bond donors (Lipinski definition) is 1. The number of aliphatic hydroxyl groups excluding tert-OH is 1. The highest BCUT2D eigenvalue weighted by Crippen LogP contribution is 2.24. The minimum Gasteiger partial charge on any atom is -0.447 e. The standard InChI is InChI=1S/C10H13NO3S/c12-4-5-14-10(13)11-3-1-8-2-6-15-9(8)7-11/h2,6,12H,1,3-5,7H2. The molecule has 0 saturated carbocycles. The molecule has 0 atom stereocenters. The SMILES string of the molecule is O=C(OCCO)N1CCc2ccsc2C1. The maximum atomic E-state index is 11.5. The summed E-state index contributed by atoms with van der Waals surface area (Å²) in [6.45, 7) is 1.29. The van der Waals surface area contributed by atoms with Crippen molar-refractivity contribution in [2.75, 3.05) is 19.8 Å². The normalized spacial score (nSPS) is 14.9. The number of nitrogens with zero attached hydrogens (tertiary/aromatic N) is 1. The molecule has 0 aliphatic carbocycles. The zero-order chi connectivity index (χ0) is 10.7. The largest absolute Gasteiger partial charge is 0.447 e. The van der Waals surface area contributed by atoms with Gasteiger partial charge in [-0.15, -0.1) is 11.3 Å². The molecule has 5 heteroatoms. The van der Waals surface area contributed by atoms with E-state index in [1.807, 2.05) is 5.38 Å². The summed E-state index contributed by atoms with van der Waals surface area (Å²) < 4.78 is 4.86. The molecular weight excluding hydrogens is 214 g/mol. The monoisotopic (exact) mass is 227 g/mol. The number of carbonyl (C=O) groups excluding carboxylic acids is 1. The first-order chi connectivity index (χ1) is 7.31. The molecule has 1 aromatic heterocycles. The van der Waals surface area contributed by atoms with Crippen molar-refractivity contribution in [1.82, 2.24) is 4.90 Å². The number of aliphatic hydroxyl groups is 1. The Morgan fingerprint density at radius 2 is 2.53 bits per heavy atom. The van der Waals surface area contributed by atoms with Crippen LogP contribution in [0.3, 0.4) is 0 Å². The summed E-state index contributed by atoms with van der Waals surface area (Å²) in [7, 11) is 0. The molecule has 0 aromatic carbocycles. The van der Waals surface area contributed by atoms with E-state index in [9.17, 15) is 4.79 Å². The summed E-state index contributed by atoms with van der Waals surface area (Å²) in [5.74, 6) is 0. The minimum atomic E-state index is -0.330. The fourth-order valence-corrected chi connectivity index (χ4v) is 2.56. The summed E-state index contributed by atoms with van der Waals surface area (Å²) in [6.07, 6.45) is 0.565. The molecule has 0 spiro atoms. The Bertz CT molecular complexity index is 350. The van der Waals surface area contributed by atoms with E-state index in [4.69, 9.17) is 9.84 Å². The van der Waals surface area contributed by atoms with Gasteiger partial charge < -0.3 is 14.7 Å². The molecule has 1 aliphatic rings. The first-order valence-electron chi connectivity index (χ1n) is 4.89. The molecule has 0 unspecified atom stereocenters. The first-order valence-corrected chi connectivity index (χ1v) is 5.77. The molecule has 2 heterocycles. The number of rotatable bonds is 2. The van der Waals surface area contributed by atoms with Crippen molar-refractivity contribution in [2.24, 2.45) is 0 Å². The highest BCUT2D eigenvalue weighted by Gasteiger charge is 2.22. The molecular formula is C10H13NO3S. The Balaban J connectivity index is 1.94. The third kappa shape index (κ3) is 2.30. The van der Waals surface area contributed by atoms with Gasteiger partial charge in [0.1, 0.15) is 6.61 Å². The van der Waals surface area contributed by atoms with Gasteiger partial charge in [0.25, 0.3) is 0 Å². The van der Waals surface area contributed by atoms with Crippen molar-refractivity contribution in [3.05, 3.63) is 21.9 Å². The van der Waals surface area contributed by atoms with E-state index in [0.29, 0.717) is 13.1 Å². The molecule has 4 nitrogen and oxygen atoms in total. The molecule has 0 radical (unpaired) electrons. The second-order valence-electron chi connectivity index (χ2n) is 3.38. The lowest BCUT2D eigenvalue weighted by molar-refractivity contribution is 0.0810. The second kappa shape index (κ2) is 4.63. The van der Waals surface area contributed by atoms with Crippen LogP contribution in [0.5, 0.6) is 0 Å². The van der Waals surface area contributed by atoms with Crippen LogP contribution in [0, 0.1) is 0 Å². The fourth-order valence-electron chi connectivity index (χ4n) is 1.62. The van der Waals surface area contributed by atoms with Crippen molar-refractivity contribution in [3.63, 3.8) is 0 Å². The van der Waals surface area contributed by atoms with Crippen LogP contribution in [-0.4, -0.2) is 35.9 Å². The summed E-state index contributed by atoms with van der Waals surface area (Å²) in [6, 6.07) is 2.11. The lowest BCUT2D eigenvalue weighted by Crippen LogP contribution is -2.36. The van der Waals surface area contributed by atoms with E-state index in [2.05, 4.69) is 6.07 Å². The maximum absolute atomic E-state index is 11.5. The smallest absolute Gasteiger partial charge is 0.410 e. The van der Waals surface area contributed by atoms with Crippen LogP contribution in [0.15, 0.2) is 11.4 Å². The highest BCUT2D eigenvalue weighted by atomic mass is 32.1. The Labute approximate surface area is 92.1 Å². The molecule has 0 saturated heterocycles. The van der Waals surface area contributed by atoms with Crippen LogP contribution < -0.4 is 0 Å². The molecule has 0 bridgehead atoms. The zero-order valence-corrected chi connectivity index (χ0v) is 9.13. The topological polar surface area (TPSA) is 49.8 Å². The van der Waals surface area contributed by atoms with Gasteiger partial charge in [-0.1, -0.05) is 0 Å². The van der Waals surface area contributed by atoms with Gasteiger partial charge in [0.2, 0.25) is 0 Å². The molecule has 1 amide bonds. The summed E-state index contributed by atoms with van der Waals surface area (Å²) in [5, 5.41) is 10.6. The Morgan fingerprint density at radius 3 is 3.33 bits per heavy atom. The third-order valence-corrected chi connectivity index (χ3v) is 3.35. The molecule has 15 heavy (non-hydrogen) atoms. The van der Waals surface area contributed by atoms with Crippen LogP contribution in [0.25, 0.3) is 0 Å². The van der Waals surface area contributed by atoms with Crippen LogP contribution in [-0.2, 0) is 17.7 Å². The number of carbonyl (C=O) groups is 1. The van der Waals surface area contributed by atoms with E-state index in [0.717, 1.165) is 6.42 Å². The average molecular weight is 227 g/mol. The van der Waals surface area contributed by atoms with Crippen molar-refractivity contribution in [3.8, 4) is 0 Å². The molecule has 1 aromatic rings. The number of fused-ring (bicyclic) bond motifs is 1. The summed E-state index contributed by atoms with van der Waals surface area (Å²) in [5.41, 5.74) is 1.34. The van der Waals surface area contributed by atoms with E-state index in [-0.39, 0.29) is 19.3 Å². The zero-order valence-electron chi connectivity index (χ0n) is 8.31. The highest BCUT2D eigenvalue weighted by molar-refractivity contribution is 7.10. The van der Waals surface area contributed by atoms with E-state index in [1.54, 1.807) is 16.2 Å². The number of amides is 1. The number of ether oxygens (including phenoxy) is 1. The van der Waals surface area contributed by atoms with Gasteiger partial charge in [-0.25, -0.2) is 4.79 Å². The quantitative estimate of drug-likeness (QED) is 0.827. The Kier molecular flexibility index (Phi) is 3.23. The van der Waals surface area contributed by atoms with Crippen LogP contribution in [0.1, 0.15) is 10.4 Å². The molecule has 1 N–H and O–H groups in total. The average Bonchev–Trinajstić information content (AvgIpc) is 2.72. The third-order valence-electron chi connectivity index (χ3n) is 2.40. The molecule has 2 rings (SSSR count). The summed E-state index contributed by atoms with van der Waals surface area (Å²) in [4.78, 5) is 14.4. The van der Waals surface area contributed by atoms with Crippen LogP contribution >= 0.6 is 11.3 Å². The minimum absolute atomic E-state index is 0.0760. The predicted octanol–water partition coefficient (Wildman–Crippen LogP) is 1.24. The number of thiophene rings is 1. The van der Waals surface area contributed by atoms with E-state index >= 15 is 0 Å². The molecule has 0 fully saturated rings. The predicted molar refractivity (Wildman–Crippen MR) is 56.9 cm³/mol. The number of hydrogen-bond acceptors (Lipinski definition) is 4. The molecule has 1 aliphatic heterocycles. The van der Waals surface area contributed by atoms with Crippen molar-refractivity contribution in [2.45, 2.75) is 13.0 Å². The molecule has 82 valence electrons. The van der Waals surface area contributed by atoms with Gasteiger partial charge in [-0.3, -0.25) is 0 Å². The first kappa shape index (κ1) is 10.4. The van der Waals surface area contributed by atoms with Gasteiger partial charge in [0, 0.05) is 11.4 Å².